The Morgan fingerprint density at radius 2 is 1.56 bits per heavy atom. The average Bonchev–Trinajstić information content (AvgIpc) is 2.78. The van der Waals surface area contributed by atoms with Gasteiger partial charge in [0.1, 0.15) is 18.1 Å². The summed E-state index contributed by atoms with van der Waals surface area (Å²) in [7, 11) is 0. The lowest BCUT2D eigenvalue weighted by Gasteiger charge is -2.24. The van der Waals surface area contributed by atoms with Crippen LogP contribution in [0.1, 0.15) is 12.0 Å². The Labute approximate surface area is 196 Å². The topological polar surface area (TPSA) is 171 Å². The number of aliphatic hydroxyl groups excluding tert-OH is 1. The summed E-state index contributed by atoms with van der Waals surface area (Å²) >= 11 is 5.65. The molecule has 10 nitrogen and oxygen atoms in total. The molecule has 178 valence electrons. The highest BCUT2D eigenvalue weighted by atomic mass is 32.2. The maximum Gasteiger partial charge on any atom is 0.328 e. The van der Waals surface area contributed by atoms with E-state index in [2.05, 4.69) is 28.6 Å². The van der Waals surface area contributed by atoms with Gasteiger partial charge in [-0.2, -0.15) is 24.4 Å². The van der Waals surface area contributed by atoms with E-state index in [0.717, 1.165) is 5.56 Å². The molecule has 0 aliphatic carbocycles. The Morgan fingerprint density at radius 1 is 1.00 bits per heavy atom. The van der Waals surface area contributed by atoms with Crippen molar-refractivity contribution >= 4 is 48.1 Å². The molecule has 4 unspecified atom stereocenters. The number of thiol groups is 1. The minimum atomic E-state index is -1.52. The molecule has 3 amide bonds. The highest BCUT2D eigenvalue weighted by molar-refractivity contribution is 7.98. The van der Waals surface area contributed by atoms with E-state index >= 15 is 0 Å². The van der Waals surface area contributed by atoms with Crippen LogP contribution in [0.3, 0.4) is 0 Å². The number of carbonyl (C=O) groups excluding carboxylic acids is 3. The van der Waals surface area contributed by atoms with E-state index in [0.29, 0.717) is 12.2 Å². The molecule has 1 aromatic carbocycles. The van der Waals surface area contributed by atoms with Crippen LogP contribution < -0.4 is 21.7 Å². The number of nitrogens with two attached hydrogens (primary N) is 1. The van der Waals surface area contributed by atoms with Crippen molar-refractivity contribution in [2.75, 3.05) is 24.4 Å². The molecule has 0 spiro atoms. The van der Waals surface area contributed by atoms with Gasteiger partial charge in [-0.05, 0) is 24.0 Å². The standard InChI is InChI=1S/C20H30N4O6S2/c1-32-8-7-13(21)17(26)24-16(11-31)19(28)22-14(9-12-5-3-2-4-6-12)18(27)23-15(10-25)20(29)30/h2-6,13-16,25,31H,7-11,21H2,1H3,(H,22,28)(H,23,27)(H,24,26)(H,29,30). The van der Waals surface area contributed by atoms with Crippen LogP contribution >= 0.6 is 24.4 Å². The van der Waals surface area contributed by atoms with Gasteiger partial charge in [0, 0.05) is 12.2 Å². The van der Waals surface area contributed by atoms with Crippen molar-refractivity contribution in [1.82, 2.24) is 16.0 Å². The van der Waals surface area contributed by atoms with Crippen molar-refractivity contribution in [3.8, 4) is 0 Å². The van der Waals surface area contributed by atoms with E-state index in [1.54, 1.807) is 42.1 Å². The molecule has 0 aliphatic rings. The van der Waals surface area contributed by atoms with Gasteiger partial charge in [-0.15, -0.1) is 0 Å². The summed E-state index contributed by atoms with van der Waals surface area (Å²) in [4.78, 5) is 48.9. The number of aliphatic carboxylic acids is 1. The van der Waals surface area contributed by atoms with Crippen LogP contribution in [0.2, 0.25) is 0 Å². The number of amides is 3. The maximum absolute atomic E-state index is 12.8. The number of thioether (sulfide) groups is 1. The monoisotopic (exact) mass is 486 g/mol. The number of aliphatic hydroxyl groups is 1. The van der Waals surface area contributed by atoms with Crippen LogP contribution in [0.25, 0.3) is 0 Å². The molecule has 4 atom stereocenters. The van der Waals surface area contributed by atoms with Gasteiger partial charge in [0.2, 0.25) is 17.7 Å². The third-order valence-electron chi connectivity index (χ3n) is 4.50. The fourth-order valence-electron chi connectivity index (χ4n) is 2.64. The minimum absolute atomic E-state index is 0.0408. The number of carbonyl (C=O) groups is 4. The first-order valence-electron chi connectivity index (χ1n) is 9.87. The Morgan fingerprint density at radius 3 is 2.09 bits per heavy atom. The number of nitrogens with one attached hydrogen (secondary N) is 3. The first-order chi connectivity index (χ1) is 15.2. The van der Waals surface area contributed by atoms with Crippen molar-refractivity contribution in [3.05, 3.63) is 35.9 Å². The summed E-state index contributed by atoms with van der Waals surface area (Å²) in [6, 6.07) is 4.28. The van der Waals surface area contributed by atoms with E-state index in [4.69, 9.17) is 10.8 Å². The van der Waals surface area contributed by atoms with Crippen LogP contribution in [-0.2, 0) is 25.6 Å². The van der Waals surface area contributed by atoms with Crippen molar-refractivity contribution in [1.29, 1.82) is 0 Å². The lowest BCUT2D eigenvalue weighted by molar-refractivity contribution is -0.143. The number of carboxylic acid groups (broad SMARTS) is 1. The van der Waals surface area contributed by atoms with Crippen LogP contribution in [0, 0.1) is 0 Å². The zero-order valence-corrected chi connectivity index (χ0v) is 19.4. The van der Waals surface area contributed by atoms with E-state index < -0.39 is 54.5 Å². The largest absolute Gasteiger partial charge is 0.480 e. The maximum atomic E-state index is 12.8. The lowest BCUT2D eigenvalue weighted by Crippen LogP contribution is -2.58. The van der Waals surface area contributed by atoms with E-state index in [-0.39, 0.29) is 12.2 Å². The van der Waals surface area contributed by atoms with Crippen LogP contribution in [0.5, 0.6) is 0 Å². The quantitative estimate of drug-likeness (QED) is 0.160. The second-order valence-electron chi connectivity index (χ2n) is 6.96. The highest BCUT2D eigenvalue weighted by Gasteiger charge is 2.29. The molecular weight excluding hydrogens is 456 g/mol. The zero-order chi connectivity index (χ0) is 24.1. The second-order valence-corrected chi connectivity index (χ2v) is 8.32. The molecule has 0 saturated carbocycles. The summed E-state index contributed by atoms with van der Waals surface area (Å²) in [6.45, 7) is -0.809. The third-order valence-corrected chi connectivity index (χ3v) is 5.51. The Kier molecular flexibility index (Phi) is 12.8. The number of hydrogen-bond acceptors (Lipinski definition) is 8. The van der Waals surface area contributed by atoms with Gasteiger partial charge in [-0.1, -0.05) is 30.3 Å². The molecule has 0 aliphatic heterocycles. The molecule has 0 radical (unpaired) electrons. The second kappa shape index (κ2) is 14.7. The molecule has 0 aromatic heterocycles. The first-order valence-corrected chi connectivity index (χ1v) is 11.9. The number of hydrogen-bond donors (Lipinski definition) is 7. The van der Waals surface area contributed by atoms with Crippen molar-refractivity contribution in [3.63, 3.8) is 0 Å². The molecule has 0 fully saturated rings. The molecule has 32 heavy (non-hydrogen) atoms. The summed E-state index contributed by atoms with van der Waals surface area (Å²) in [5.74, 6) is -2.74. The van der Waals surface area contributed by atoms with Gasteiger partial charge in [0.05, 0.1) is 12.6 Å². The van der Waals surface area contributed by atoms with E-state index in [1.807, 2.05) is 6.26 Å². The van der Waals surface area contributed by atoms with Crippen molar-refractivity contribution in [2.45, 2.75) is 37.0 Å². The number of benzene rings is 1. The van der Waals surface area contributed by atoms with Gasteiger partial charge in [-0.25, -0.2) is 4.79 Å². The number of carboxylic acids is 1. The smallest absolute Gasteiger partial charge is 0.328 e. The fraction of sp³-hybridized carbons (Fsp3) is 0.500. The van der Waals surface area contributed by atoms with Crippen molar-refractivity contribution < 1.29 is 29.4 Å². The van der Waals surface area contributed by atoms with Gasteiger partial charge in [0.25, 0.3) is 0 Å². The highest BCUT2D eigenvalue weighted by Crippen LogP contribution is 2.05. The van der Waals surface area contributed by atoms with Crippen LogP contribution in [0.4, 0.5) is 0 Å². The predicted molar refractivity (Wildman–Crippen MR) is 125 cm³/mol. The zero-order valence-electron chi connectivity index (χ0n) is 17.7. The molecule has 7 N–H and O–H groups in total. The lowest BCUT2D eigenvalue weighted by atomic mass is 10.0. The summed E-state index contributed by atoms with van der Waals surface area (Å²) in [5.41, 5.74) is 6.55. The summed E-state index contributed by atoms with van der Waals surface area (Å²) in [6.07, 6.45) is 2.39. The minimum Gasteiger partial charge on any atom is -0.480 e. The molecule has 0 bridgehead atoms. The normalized spacial score (nSPS) is 14.5. The van der Waals surface area contributed by atoms with Gasteiger partial charge >= 0.3 is 5.97 Å². The Balaban J connectivity index is 2.93. The molecular formula is C20H30N4O6S2. The molecule has 12 heteroatoms. The molecule has 0 saturated heterocycles. The van der Waals surface area contributed by atoms with Gasteiger partial charge in [0.15, 0.2) is 0 Å². The Hall–Kier alpha value is -2.28. The van der Waals surface area contributed by atoms with Crippen LogP contribution in [-0.4, -0.2) is 82.4 Å². The average molecular weight is 487 g/mol. The molecule has 0 heterocycles. The van der Waals surface area contributed by atoms with Crippen LogP contribution in [0.15, 0.2) is 30.3 Å². The van der Waals surface area contributed by atoms with E-state index in [9.17, 15) is 24.3 Å². The fourth-order valence-corrected chi connectivity index (χ4v) is 3.38. The SMILES string of the molecule is CSCCC(N)C(=O)NC(CS)C(=O)NC(Cc1ccccc1)C(=O)NC(CO)C(=O)O. The van der Waals surface area contributed by atoms with Gasteiger partial charge < -0.3 is 31.9 Å². The number of rotatable bonds is 14. The molecule has 1 rings (SSSR count). The summed E-state index contributed by atoms with van der Waals surface area (Å²) in [5, 5.41) is 25.5. The summed E-state index contributed by atoms with van der Waals surface area (Å²) < 4.78 is 0. The van der Waals surface area contributed by atoms with Gasteiger partial charge in [-0.3, -0.25) is 14.4 Å². The molecule has 1 aromatic rings. The predicted octanol–water partition coefficient (Wildman–Crippen LogP) is -1.23. The third kappa shape index (κ3) is 9.47. The van der Waals surface area contributed by atoms with E-state index in [1.165, 1.54) is 0 Å². The van der Waals surface area contributed by atoms with Crippen molar-refractivity contribution in [2.24, 2.45) is 5.73 Å². The Bertz CT molecular complexity index is 768. The first kappa shape index (κ1) is 27.8.